The van der Waals surface area contributed by atoms with Crippen LogP contribution in [0.5, 0.6) is 0 Å². The number of hydrogen-bond acceptors (Lipinski definition) is 4. The summed E-state index contributed by atoms with van der Waals surface area (Å²) in [6.07, 6.45) is 2.54. The summed E-state index contributed by atoms with van der Waals surface area (Å²) in [5.74, 6) is 1.79. The standard InChI is InChI=1S/C11H16BrN3O/c1-2-3-10-13-9(12)6-11(14-10)15-5-4-8(16)7-15/h6,8,16H,2-5,7H2,1H3. The number of aliphatic hydroxyl groups is 1. The van der Waals surface area contributed by atoms with Crippen molar-refractivity contribution in [3.8, 4) is 0 Å². The van der Waals surface area contributed by atoms with Crippen LogP contribution in [-0.4, -0.2) is 34.3 Å². The highest BCUT2D eigenvalue weighted by Gasteiger charge is 2.21. The van der Waals surface area contributed by atoms with Crippen LogP contribution in [0.25, 0.3) is 0 Å². The average Bonchev–Trinajstić information content (AvgIpc) is 2.64. The van der Waals surface area contributed by atoms with Crippen molar-refractivity contribution >= 4 is 21.7 Å². The van der Waals surface area contributed by atoms with Crippen LogP contribution < -0.4 is 4.90 Å². The number of nitrogens with zero attached hydrogens (tertiary/aromatic N) is 3. The van der Waals surface area contributed by atoms with Crippen molar-refractivity contribution in [1.82, 2.24) is 9.97 Å². The van der Waals surface area contributed by atoms with Crippen molar-refractivity contribution in [1.29, 1.82) is 0 Å². The van der Waals surface area contributed by atoms with Crippen molar-refractivity contribution in [3.63, 3.8) is 0 Å². The number of aryl methyl sites for hydroxylation is 1. The molecule has 0 aromatic carbocycles. The van der Waals surface area contributed by atoms with E-state index in [2.05, 4.69) is 37.7 Å². The van der Waals surface area contributed by atoms with Gasteiger partial charge in [0.2, 0.25) is 0 Å². The molecule has 88 valence electrons. The van der Waals surface area contributed by atoms with Crippen molar-refractivity contribution in [2.45, 2.75) is 32.3 Å². The molecule has 4 nitrogen and oxygen atoms in total. The fraction of sp³-hybridized carbons (Fsp3) is 0.636. The van der Waals surface area contributed by atoms with Gasteiger partial charge in [0.15, 0.2) is 0 Å². The molecule has 1 unspecified atom stereocenters. The summed E-state index contributed by atoms with van der Waals surface area (Å²) in [6.45, 7) is 3.66. The van der Waals surface area contributed by atoms with E-state index in [1.54, 1.807) is 0 Å². The zero-order chi connectivity index (χ0) is 11.5. The first kappa shape index (κ1) is 11.8. The van der Waals surface area contributed by atoms with Gasteiger partial charge in [-0.3, -0.25) is 0 Å². The Bertz CT molecular complexity index is 372. The Morgan fingerprint density at radius 1 is 1.56 bits per heavy atom. The molecule has 1 atom stereocenters. The summed E-state index contributed by atoms with van der Waals surface area (Å²) in [5.41, 5.74) is 0. The first-order valence-corrected chi connectivity index (χ1v) is 6.45. The summed E-state index contributed by atoms with van der Waals surface area (Å²) in [4.78, 5) is 11.0. The third-order valence-corrected chi connectivity index (χ3v) is 3.09. The van der Waals surface area contributed by atoms with Crippen LogP contribution in [0.1, 0.15) is 25.6 Å². The number of aliphatic hydroxyl groups excluding tert-OH is 1. The SMILES string of the molecule is CCCc1nc(Br)cc(N2CCC(O)C2)n1. The number of rotatable bonds is 3. The zero-order valence-corrected chi connectivity index (χ0v) is 10.9. The summed E-state index contributed by atoms with van der Waals surface area (Å²) >= 11 is 3.40. The summed E-state index contributed by atoms with van der Waals surface area (Å²) in [7, 11) is 0. The molecule has 2 rings (SSSR count). The monoisotopic (exact) mass is 285 g/mol. The van der Waals surface area contributed by atoms with E-state index in [4.69, 9.17) is 0 Å². The maximum atomic E-state index is 9.51. The van der Waals surface area contributed by atoms with Crippen molar-refractivity contribution in [2.75, 3.05) is 18.0 Å². The molecule has 1 fully saturated rings. The highest BCUT2D eigenvalue weighted by atomic mass is 79.9. The minimum absolute atomic E-state index is 0.219. The molecule has 1 aliphatic heterocycles. The van der Waals surface area contributed by atoms with Gasteiger partial charge < -0.3 is 10.0 Å². The molecule has 1 aromatic heterocycles. The van der Waals surface area contributed by atoms with Gasteiger partial charge in [0.1, 0.15) is 16.2 Å². The predicted octanol–water partition coefficient (Wildman–Crippen LogP) is 1.76. The zero-order valence-electron chi connectivity index (χ0n) is 9.36. The quantitative estimate of drug-likeness (QED) is 0.860. The first-order chi connectivity index (χ1) is 7.69. The smallest absolute Gasteiger partial charge is 0.133 e. The van der Waals surface area contributed by atoms with Crippen LogP contribution in [0.15, 0.2) is 10.7 Å². The van der Waals surface area contributed by atoms with E-state index in [1.807, 2.05) is 6.07 Å². The lowest BCUT2D eigenvalue weighted by Crippen LogP contribution is -2.22. The lowest BCUT2D eigenvalue weighted by molar-refractivity contribution is 0.198. The normalized spacial score (nSPS) is 20.4. The number of β-amino-alcohol motifs (C(OH)–C–C–N with tert-alkyl or cyclic N) is 1. The van der Waals surface area contributed by atoms with Crippen molar-refractivity contribution < 1.29 is 5.11 Å². The van der Waals surface area contributed by atoms with Gasteiger partial charge in [0.25, 0.3) is 0 Å². The van der Waals surface area contributed by atoms with E-state index in [0.29, 0.717) is 6.54 Å². The Labute approximate surface area is 104 Å². The Balaban J connectivity index is 2.20. The van der Waals surface area contributed by atoms with Crippen LogP contribution >= 0.6 is 15.9 Å². The van der Waals surface area contributed by atoms with E-state index in [1.165, 1.54) is 0 Å². The van der Waals surface area contributed by atoms with Crippen LogP contribution in [0.3, 0.4) is 0 Å². The van der Waals surface area contributed by atoms with Gasteiger partial charge in [-0.05, 0) is 28.8 Å². The molecule has 0 amide bonds. The lowest BCUT2D eigenvalue weighted by atomic mass is 10.3. The third-order valence-electron chi connectivity index (χ3n) is 2.69. The Morgan fingerprint density at radius 3 is 3.00 bits per heavy atom. The fourth-order valence-electron chi connectivity index (χ4n) is 1.90. The molecule has 1 N–H and O–H groups in total. The highest BCUT2D eigenvalue weighted by molar-refractivity contribution is 9.10. The van der Waals surface area contributed by atoms with Gasteiger partial charge in [-0.1, -0.05) is 6.92 Å². The molecule has 0 radical (unpaired) electrons. The first-order valence-electron chi connectivity index (χ1n) is 5.65. The molecule has 0 saturated carbocycles. The molecule has 2 heterocycles. The van der Waals surface area contributed by atoms with Gasteiger partial charge in [-0.15, -0.1) is 0 Å². The second-order valence-electron chi connectivity index (χ2n) is 4.10. The Kier molecular flexibility index (Phi) is 3.76. The van der Waals surface area contributed by atoms with Crippen LogP contribution in [0.4, 0.5) is 5.82 Å². The molecular weight excluding hydrogens is 270 g/mol. The van der Waals surface area contributed by atoms with E-state index in [9.17, 15) is 5.11 Å². The van der Waals surface area contributed by atoms with E-state index < -0.39 is 0 Å². The molecule has 0 spiro atoms. The molecule has 1 aromatic rings. The summed E-state index contributed by atoms with van der Waals surface area (Å²) < 4.78 is 0.822. The van der Waals surface area contributed by atoms with Gasteiger partial charge in [-0.25, -0.2) is 9.97 Å². The maximum Gasteiger partial charge on any atom is 0.133 e. The number of halogens is 1. The van der Waals surface area contributed by atoms with Crippen LogP contribution in [0.2, 0.25) is 0 Å². The number of anilines is 1. The largest absolute Gasteiger partial charge is 0.391 e. The Hall–Kier alpha value is -0.680. The molecule has 0 aliphatic carbocycles. The molecule has 1 saturated heterocycles. The summed E-state index contributed by atoms with van der Waals surface area (Å²) in [6, 6.07) is 1.91. The van der Waals surface area contributed by atoms with Gasteiger partial charge in [-0.2, -0.15) is 0 Å². The van der Waals surface area contributed by atoms with E-state index in [-0.39, 0.29) is 6.10 Å². The minimum atomic E-state index is -0.219. The van der Waals surface area contributed by atoms with Crippen molar-refractivity contribution in [3.05, 3.63) is 16.5 Å². The minimum Gasteiger partial charge on any atom is -0.391 e. The molecule has 0 bridgehead atoms. The maximum absolute atomic E-state index is 9.51. The van der Waals surface area contributed by atoms with Crippen molar-refractivity contribution in [2.24, 2.45) is 0 Å². The third kappa shape index (κ3) is 2.71. The van der Waals surface area contributed by atoms with Crippen LogP contribution in [0, 0.1) is 0 Å². The average molecular weight is 286 g/mol. The van der Waals surface area contributed by atoms with Gasteiger partial charge in [0, 0.05) is 25.6 Å². The molecule has 16 heavy (non-hydrogen) atoms. The molecular formula is C11H16BrN3O. The second-order valence-corrected chi connectivity index (χ2v) is 4.92. The summed E-state index contributed by atoms with van der Waals surface area (Å²) in [5, 5.41) is 9.51. The second kappa shape index (κ2) is 5.10. The van der Waals surface area contributed by atoms with E-state index in [0.717, 1.165) is 42.1 Å². The molecule has 1 aliphatic rings. The number of hydrogen-bond donors (Lipinski definition) is 1. The Morgan fingerprint density at radius 2 is 2.38 bits per heavy atom. The fourth-order valence-corrected chi connectivity index (χ4v) is 2.31. The van der Waals surface area contributed by atoms with Crippen LogP contribution in [-0.2, 0) is 6.42 Å². The van der Waals surface area contributed by atoms with Gasteiger partial charge in [0.05, 0.1) is 6.10 Å². The highest BCUT2D eigenvalue weighted by Crippen LogP contribution is 2.21. The van der Waals surface area contributed by atoms with Gasteiger partial charge >= 0.3 is 0 Å². The number of aromatic nitrogens is 2. The topological polar surface area (TPSA) is 49.2 Å². The predicted molar refractivity (Wildman–Crippen MR) is 66.6 cm³/mol. The molecule has 5 heteroatoms. The van der Waals surface area contributed by atoms with E-state index >= 15 is 0 Å². The lowest BCUT2D eigenvalue weighted by Gasteiger charge is -2.17.